The van der Waals surface area contributed by atoms with Crippen molar-refractivity contribution in [1.82, 2.24) is 10.2 Å². The summed E-state index contributed by atoms with van der Waals surface area (Å²) in [5.74, 6) is -0.856. The van der Waals surface area contributed by atoms with Crippen molar-refractivity contribution in [2.24, 2.45) is 0 Å². The minimum atomic E-state index is -0.515. The third-order valence-corrected chi connectivity index (χ3v) is 7.43. The molecule has 2 aliphatic rings. The van der Waals surface area contributed by atoms with Gasteiger partial charge in [0, 0.05) is 61.7 Å². The Kier molecular flexibility index (Phi) is 7.60. The number of para-hydroxylation sites is 1. The van der Waals surface area contributed by atoms with E-state index in [4.69, 9.17) is 11.6 Å². The second-order valence-electron chi connectivity index (χ2n) is 9.49. The maximum Gasteiger partial charge on any atom is 0.256 e. The minimum Gasteiger partial charge on any atom is -0.371 e. The van der Waals surface area contributed by atoms with E-state index in [-0.39, 0.29) is 23.4 Å². The van der Waals surface area contributed by atoms with Crippen molar-refractivity contribution >= 4 is 34.8 Å². The Bertz CT molecular complexity index is 1250. The van der Waals surface area contributed by atoms with Gasteiger partial charge in [0.1, 0.15) is 5.82 Å². The molecule has 0 unspecified atom stereocenters. The number of carbonyl (C=O) groups excluding carboxylic acids is 2. The summed E-state index contributed by atoms with van der Waals surface area (Å²) in [4.78, 5) is 32.4. The van der Waals surface area contributed by atoms with Crippen LogP contribution in [0.2, 0.25) is 5.02 Å². The number of hydrogen-bond donors (Lipinski definition) is 1. The SMILES string of the molecule is O=C(NC1CCN(c2ccccc2C(=O)N2CCN(c3ccc(Cl)cc3)CC2)CC1)c1ccccc1F. The normalized spacial score (nSPS) is 16.5. The molecule has 0 saturated carbocycles. The zero-order valence-corrected chi connectivity index (χ0v) is 21.3. The fourth-order valence-corrected chi connectivity index (χ4v) is 5.22. The third-order valence-electron chi connectivity index (χ3n) is 7.18. The minimum absolute atomic E-state index is 0.0350. The molecule has 0 spiro atoms. The molecule has 2 amide bonds. The molecule has 192 valence electrons. The summed E-state index contributed by atoms with van der Waals surface area (Å²) in [7, 11) is 0. The summed E-state index contributed by atoms with van der Waals surface area (Å²) >= 11 is 6.02. The molecule has 5 rings (SSSR count). The van der Waals surface area contributed by atoms with Crippen molar-refractivity contribution in [2.75, 3.05) is 49.1 Å². The number of hydrogen-bond acceptors (Lipinski definition) is 4. The van der Waals surface area contributed by atoms with Gasteiger partial charge in [0.25, 0.3) is 11.8 Å². The number of amides is 2. The molecule has 3 aromatic carbocycles. The molecular formula is C29H30ClFN4O2. The Hall–Kier alpha value is -3.58. The number of nitrogens with one attached hydrogen (secondary N) is 1. The van der Waals surface area contributed by atoms with E-state index in [1.807, 2.05) is 53.4 Å². The zero-order chi connectivity index (χ0) is 25.8. The standard InChI is InChI=1S/C29H30ClFN4O2/c30-21-9-11-23(12-10-21)33-17-19-35(20-18-33)29(37)25-6-2-4-8-27(25)34-15-13-22(14-16-34)32-28(36)24-5-1-3-7-26(24)31/h1-12,22H,13-20H2,(H,32,36). The van der Waals surface area contributed by atoms with Crippen LogP contribution in [0.4, 0.5) is 15.8 Å². The first-order chi connectivity index (χ1) is 18.0. The quantitative estimate of drug-likeness (QED) is 0.523. The number of rotatable bonds is 5. The van der Waals surface area contributed by atoms with E-state index in [0.29, 0.717) is 36.8 Å². The summed E-state index contributed by atoms with van der Waals surface area (Å²) in [5.41, 5.74) is 2.81. The molecule has 2 aliphatic heterocycles. The van der Waals surface area contributed by atoms with Gasteiger partial charge in [-0.1, -0.05) is 35.9 Å². The summed E-state index contributed by atoms with van der Waals surface area (Å²) in [5, 5.41) is 3.68. The second kappa shape index (κ2) is 11.2. The lowest BCUT2D eigenvalue weighted by Crippen LogP contribution is -2.49. The first-order valence-electron chi connectivity index (χ1n) is 12.7. The van der Waals surface area contributed by atoms with Gasteiger partial charge in [-0.25, -0.2) is 4.39 Å². The molecule has 0 aromatic heterocycles. The van der Waals surface area contributed by atoms with E-state index in [1.165, 1.54) is 12.1 Å². The molecule has 2 heterocycles. The van der Waals surface area contributed by atoms with Crippen LogP contribution in [0.25, 0.3) is 0 Å². The lowest BCUT2D eigenvalue weighted by molar-refractivity contribution is 0.0747. The molecular weight excluding hydrogens is 491 g/mol. The van der Waals surface area contributed by atoms with Gasteiger partial charge >= 0.3 is 0 Å². The molecule has 0 atom stereocenters. The van der Waals surface area contributed by atoms with Crippen LogP contribution in [0.3, 0.4) is 0 Å². The van der Waals surface area contributed by atoms with Crippen LogP contribution in [0.15, 0.2) is 72.8 Å². The van der Waals surface area contributed by atoms with Crippen molar-refractivity contribution in [2.45, 2.75) is 18.9 Å². The van der Waals surface area contributed by atoms with Crippen LogP contribution < -0.4 is 15.1 Å². The van der Waals surface area contributed by atoms with E-state index in [0.717, 1.165) is 37.3 Å². The van der Waals surface area contributed by atoms with Crippen LogP contribution in [0.1, 0.15) is 33.6 Å². The van der Waals surface area contributed by atoms with Crippen molar-refractivity contribution < 1.29 is 14.0 Å². The summed E-state index contributed by atoms with van der Waals surface area (Å²) < 4.78 is 14.0. The Morgan fingerprint density at radius 2 is 1.38 bits per heavy atom. The monoisotopic (exact) mass is 520 g/mol. The van der Waals surface area contributed by atoms with Gasteiger partial charge < -0.3 is 20.0 Å². The van der Waals surface area contributed by atoms with E-state index >= 15 is 0 Å². The topological polar surface area (TPSA) is 55.9 Å². The number of carbonyl (C=O) groups is 2. The second-order valence-corrected chi connectivity index (χ2v) is 9.92. The van der Waals surface area contributed by atoms with E-state index in [1.54, 1.807) is 12.1 Å². The van der Waals surface area contributed by atoms with Crippen LogP contribution in [0.5, 0.6) is 0 Å². The number of anilines is 2. The van der Waals surface area contributed by atoms with Crippen LogP contribution in [-0.4, -0.2) is 62.0 Å². The molecule has 0 aliphatic carbocycles. The Morgan fingerprint density at radius 3 is 2.05 bits per heavy atom. The van der Waals surface area contributed by atoms with E-state index in [9.17, 15) is 14.0 Å². The highest BCUT2D eigenvalue weighted by atomic mass is 35.5. The maximum atomic E-state index is 14.0. The maximum absolute atomic E-state index is 14.0. The highest BCUT2D eigenvalue weighted by Crippen LogP contribution is 2.27. The fourth-order valence-electron chi connectivity index (χ4n) is 5.09. The van der Waals surface area contributed by atoms with E-state index < -0.39 is 5.82 Å². The van der Waals surface area contributed by atoms with Gasteiger partial charge in [-0.05, 0) is 61.4 Å². The molecule has 37 heavy (non-hydrogen) atoms. The van der Waals surface area contributed by atoms with Crippen molar-refractivity contribution in [1.29, 1.82) is 0 Å². The average molecular weight is 521 g/mol. The average Bonchev–Trinajstić information content (AvgIpc) is 2.94. The number of piperidine rings is 1. The van der Waals surface area contributed by atoms with Crippen LogP contribution in [-0.2, 0) is 0 Å². The number of piperazine rings is 1. The first kappa shape index (κ1) is 25.1. The summed E-state index contributed by atoms with van der Waals surface area (Å²) in [6.45, 7) is 4.25. The zero-order valence-electron chi connectivity index (χ0n) is 20.6. The Balaban J connectivity index is 1.19. The molecule has 2 fully saturated rings. The van der Waals surface area contributed by atoms with Gasteiger partial charge in [-0.2, -0.15) is 0 Å². The molecule has 2 saturated heterocycles. The Labute approximate surface area is 221 Å². The lowest BCUT2D eigenvalue weighted by atomic mass is 10.0. The first-order valence-corrected chi connectivity index (χ1v) is 13.1. The molecule has 1 N–H and O–H groups in total. The molecule has 8 heteroatoms. The largest absolute Gasteiger partial charge is 0.371 e. The predicted octanol–water partition coefficient (Wildman–Crippen LogP) is 4.84. The van der Waals surface area contributed by atoms with Gasteiger partial charge in [-0.3, -0.25) is 9.59 Å². The van der Waals surface area contributed by atoms with Crippen molar-refractivity contribution in [3.8, 4) is 0 Å². The summed E-state index contributed by atoms with van der Waals surface area (Å²) in [6, 6.07) is 21.5. The highest BCUT2D eigenvalue weighted by Gasteiger charge is 2.28. The van der Waals surface area contributed by atoms with Crippen molar-refractivity contribution in [3.63, 3.8) is 0 Å². The number of benzene rings is 3. The third kappa shape index (κ3) is 5.72. The van der Waals surface area contributed by atoms with Gasteiger partial charge in [0.15, 0.2) is 0 Å². The van der Waals surface area contributed by atoms with Crippen molar-refractivity contribution in [3.05, 3.63) is 94.8 Å². The predicted molar refractivity (Wildman–Crippen MR) is 145 cm³/mol. The molecule has 6 nitrogen and oxygen atoms in total. The highest BCUT2D eigenvalue weighted by molar-refractivity contribution is 6.30. The van der Waals surface area contributed by atoms with E-state index in [2.05, 4.69) is 15.1 Å². The van der Waals surface area contributed by atoms with Crippen LogP contribution in [0, 0.1) is 5.82 Å². The van der Waals surface area contributed by atoms with Gasteiger partial charge in [-0.15, -0.1) is 0 Å². The number of nitrogens with zero attached hydrogens (tertiary/aromatic N) is 3. The smallest absolute Gasteiger partial charge is 0.256 e. The van der Waals surface area contributed by atoms with Crippen LogP contribution >= 0.6 is 11.6 Å². The lowest BCUT2D eigenvalue weighted by Gasteiger charge is -2.38. The molecule has 3 aromatic rings. The molecule has 0 bridgehead atoms. The number of halogens is 2. The molecule has 0 radical (unpaired) electrons. The van der Waals surface area contributed by atoms with Gasteiger partial charge in [0.2, 0.25) is 0 Å². The fraction of sp³-hybridized carbons (Fsp3) is 0.310. The Morgan fingerprint density at radius 1 is 0.757 bits per heavy atom. The summed E-state index contributed by atoms with van der Waals surface area (Å²) in [6.07, 6.45) is 1.45. The van der Waals surface area contributed by atoms with Gasteiger partial charge in [0.05, 0.1) is 11.1 Å².